The van der Waals surface area contributed by atoms with E-state index in [1.807, 2.05) is 6.07 Å². The number of para-hydroxylation sites is 1. The smallest absolute Gasteiger partial charge is 0.252 e. The minimum Gasteiger partial charge on any atom is -0.456 e. The second-order valence-corrected chi connectivity index (χ2v) is 9.17. The number of nitrogens with zero attached hydrogens (tertiary/aromatic N) is 2. The van der Waals surface area contributed by atoms with Crippen molar-refractivity contribution in [2.24, 2.45) is 5.73 Å². The molecule has 2 aromatic rings. The molecule has 1 aliphatic carbocycles. The Morgan fingerprint density at radius 1 is 1.31 bits per heavy atom. The van der Waals surface area contributed by atoms with Gasteiger partial charge in [0, 0.05) is 30.5 Å². The van der Waals surface area contributed by atoms with Crippen molar-refractivity contribution in [2.45, 2.75) is 32.4 Å². The highest BCUT2D eigenvalue weighted by molar-refractivity contribution is 7.89. The molecule has 1 saturated carbocycles. The van der Waals surface area contributed by atoms with Crippen LogP contribution in [0.25, 0.3) is 5.76 Å². The van der Waals surface area contributed by atoms with E-state index in [1.165, 1.54) is 6.26 Å². The van der Waals surface area contributed by atoms with Crippen LogP contribution in [0.1, 0.15) is 41.3 Å². The molecule has 2 heterocycles. The Labute approximate surface area is 169 Å². The summed E-state index contributed by atoms with van der Waals surface area (Å²) in [5.74, 6) is 0.504. The van der Waals surface area contributed by atoms with E-state index in [2.05, 4.69) is 4.98 Å². The summed E-state index contributed by atoms with van der Waals surface area (Å²) in [4.78, 5) is 15.8. The van der Waals surface area contributed by atoms with Crippen molar-refractivity contribution in [1.29, 1.82) is 0 Å². The maximum atomic E-state index is 12.4. The van der Waals surface area contributed by atoms with Crippen LogP contribution in [0.3, 0.4) is 0 Å². The van der Waals surface area contributed by atoms with Crippen molar-refractivity contribution in [3.8, 4) is 11.5 Å². The van der Waals surface area contributed by atoms with Crippen LogP contribution in [0.2, 0.25) is 0 Å². The van der Waals surface area contributed by atoms with Gasteiger partial charge in [0.15, 0.2) is 17.3 Å². The first-order valence-electron chi connectivity index (χ1n) is 9.30. The van der Waals surface area contributed by atoms with Crippen molar-refractivity contribution in [2.75, 3.05) is 5.75 Å². The van der Waals surface area contributed by atoms with Crippen molar-refractivity contribution in [3.05, 3.63) is 59.6 Å². The zero-order chi connectivity index (χ0) is 20.6. The molecule has 0 bridgehead atoms. The van der Waals surface area contributed by atoms with Crippen LogP contribution in [-0.4, -0.2) is 35.4 Å². The predicted octanol–water partition coefficient (Wildman–Crippen LogP) is 2.26. The van der Waals surface area contributed by atoms with Gasteiger partial charge in [0.05, 0.1) is 11.3 Å². The van der Waals surface area contributed by atoms with Gasteiger partial charge in [-0.25, -0.2) is 8.42 Å². The maximum Gasteiger partial charge on any atom is 0.252 e. The number of fused-ring (bicyclic) bond motifs is 1. The van der Waals surface area contributed by atoms with Crippen LogP contribution >= 0.6 is 0 Å². The molecule has 1 aromatic heterocycles. The van der Waals surface area contributed by atoms with E-state index >= 15 is 0 Å². The summed E-state index contributed by atoms with van der Waals surface area (Å²) in [6.45, 7) is 1.91. The van der Waals surface area contributed by atoms with E-state index in [0.717, 1.165) is 18.4 Å². The third-order valence-electron chi connectivity index (χ3n) is 4.84. The molecule has 9 heteroatoms. The summed E-state index contributed by atoms with van der Waals surface area (Å²) in [7, 11) is -3.29. The molecule has 8 nitrogen and oxygen atoms in total. The fraction of sp³-hybridized carbons (Fsp3) is 0.300. The minimum atomic E-state index is -3.29. The molecular formula is C20H21N3O5S. The largest absolute Gasteiger partial charge is 0.456 e. The number of nitrogens with two attached hydrogens (primary N) is 1. The quantitative estimate of drug-likeness (QED) is 0.742. The van der Waals surface area contributed by atoms with Gasteiger partial charge in [-0.1, -0.05) is 6.07 Å². The Morgan fingerprint density at radius 3 is 2.79 bits per heavy atom. The van der Waals surface area contributed by atoms with Crippen LogP contribution in [-0.2, 0) is 16.6 Å². The van der Waals surface area contributed by atoms with Crippen molar-refractivity contribution >= 4 is 21.7 Å². The first-order chi connectivity index (χ1) is 13.9. The molecule has 0 spiro atoms. The molecular weight excluding hydrogens is 394 g/mol. The third kappa shape index (κ3) is 3.96. The number of carbonyl (C=O) groups excluding carboxylic acids is 1. The molecule has 2 N–H and O–H groups in total. The second kappa shape index (κ2) is 7.49. The lowest BCUT2D eigenvalue weighted by molar-refractivity contribution is 0.0997. The number of carbonyl (C=O) groups is 1. The fourth-order valence-corrected chi connectivity index (χ4v) is 4.51. The molecule has 1 amide bonds. The number of aromatic nitrogens is 1. The monoisotopic (exact) mass is 415 g/mol. The molecule has 4 rings (SSSR count). The van der Waals surface area contributed by atoms with Crippen LogP contribution in [0, 0.1) is 0 Å². The van der Waals surface area contributed by atoms with Gasteiger partial charge in [-0.05, 0) is 43.5 Å². The number of amides is 1. The van der Waals surface area contributed by atoms with Gasteiger partial charge < -0.3 is 15.2 Å². The highest BCUT2D eigenvalue weighted by Crippen LogP contribution is 2.38. The Balaban J connectivity index is 1.58. The lowest BCUT2D eigenvalue weighted by Gasteiger charge is -2.22. The summed E-state index contributed by atoms with van der Waals surface area (Å²) in [5, 5.41) is 0. The lowest BCUT2D eigenvalue weighted by atomic mass is 10.1. The normalized spacial score (nSPS) is 15.9. The molecule has 1 fully saturated rings. The van der Waals surface area contributed by atoms with Gasteiger partial charge in [0.25, 0.3) is 5.91 Å². The van der Waals surface area contributed by atoms with Crippen LogP contribution in [0.5, 0.6) is 11.5 Å². The first kappa shape index (κ1) is 19.4. The summed E-state index contributed by atoms with van der Waals surface area (Å²) < 4.78 is 37.8. The highest BCUT2D eigenvalue weighted by atomic mass is 32.2. The minimum absolute atomic E-state index is 0.0659. The average molecular weight is 415 g/mol. The number of pyridine rings is 1. The van der Waals surface area contributed by atoms with Gasteiger partial charge in [-0.15, -0.1) is 0 Å². The van der Waals surface area contributed by atoms with E-state index in [1.54, 1.807) is 41.8 Å². The van der Waals surface area contributed by atoms with Gasteiger partial charge in [0.2, 0.25) is 10.0 Å². The number of primary amides is 1. The average Bonchev–Trinajstić information content (AvgIpc) is 3.56. The highest BCUT2D eigenvalue weighted by Gasteiger charge is 2.36. The number of ether oxygens (including phenoxy) is 2. The zero-order valence-corrected chi connectivity index (χ0v) is 16.7. The van der Waals surface area contributed by atoms with Crippen LogP contribution < -0.4 is 15.2 Å². The summed E-state index contributed by atoms with van der Waals surface area (Å²) in [5.41, 5.74) is 7.00. The Bertz CT molecular complexity index is 1090. The number of rotatable bonds is 7. The molecule has 0 saturated heterocycles. The van der Waals surface area contributed by atoms with Crippen molar-refractivity contribution < 1.29 is 22.7 Å². The predicted molar refractivity (Wildman–Crippen MR) is 106 cm³/mol. The number of hydrogen-bond acceptors (Lipinski definition) is 6. The Hall–Kier alpha value is -2.91. The number of sulfonamides is 1. The van der Waals surface area contributed by atoms with E-state index in [4.69, 9.17) is 15.2 Å². The van der Waals surface area contributed by atoms with Crippen LogP contribution in [0.4, 0.5) is 0 Å². The summed E-state index contributed by atoms with van der Waals surface area (Å²) >= 11 is 0. The van der Waals surface area contributed by atoms with Gasteiger partial charge in [-0.3, -0.25) is 9.78 Å². The molecule has 1 aliphatic heterocycles. The molecule has 0 radical (unpaired) electrons. The SMILES string of the molecule is CCS(=O)(=O)N(Cc1cncc(C2=COc3c(cccc3C(N)=O)O2)c1)C1CC1. The van der Waals surface area contributed by atoms with E-state index in [0.29, 0.717) is 17.1 Å². The Kier molecular flexibility index (Phi) is 5.01. The van der Waals surface area contributed by atoms with Gasteiger partial charge >= 0.3 is 0 Å². The maximum absolute atomic E-state index is 12.4. The first-order valence-corrected chi connectivity index (χ1v) is 10.9. The molecule has 29 heavy (non-hydrogen) atoms. The zero-order valence-electron chi connectivity index (χ0n) is 15.9. The van der Waals surface area contributed by atoms with Crippen molar-refractivity contribution in [3.63, 3.8) is 0 Å². The third-order valence-corrected chi connectivity index (χ3v) is 6.71. The molecule has 0 unspecified atom stereocenters. The van der Waals surface area contributed by atoms with Crippen LogP contribution in [0.15, 0.2) is 42.9 Å². The molecule has 152 valence electrons. The number of benzene rings is 1. The van der Waals surface area contributed by atoms with E-state index in [9.17, 15) is 13.2 Å². The molecule has 0 atom stereocenters. The topological polar surface area (TPSA) is 112 Å². The van der Waals surface area contributed by atoms with Gasteiger partial charge in [0.1, 0.15) is 6.26 Å². The second-order valence-electron chi connectivity index (χ2n) is 6.96. The van der Waals surface area contributed by atoms with E-state index < -0.39 is 15.9 Å². The van der Waals surface area contributed by atoms with Gasteiger partial charge in [-0.2, -0.15) is 4.31 Å². The number of hydrogen-bond donors (Lipinski definition) is 1. The van der Waals surface area contributed by atoms with E-state index in [-0.39, 0.29) is 29.7 Å². The fourth-order valence-electron chi connectivity index (χ4n) is 3.17. The standard InChI is InChI=1S/C20H21N3O5S/c1-2-29(25,26)23(15-6-7-15)11-13-8-14(10-22-9-13)18-12-27-19-16(20(21)24)4-3-5-17(19)28-18/h3-5,8-10,12,15H,2,6-7,11H2,1H3,(H2,21,24). The molecule has 2 aliphatic rings. The summed E-state index contributed by atoms with van der Waals surface area (Å²) in [6.07, 6.45) is 6.41. The summed E-state index contributed by atoms with van der Waals surface area (Å²) in [6, 6.07) is 6.78. The molecule has 1 aromatic carbocycles. The Morgan fingerprint density at radius 2 is 2.10 bits per heavy atom. The lowest BCUT2D eigenvalue weighted by Crippen LogP contribution is -2.33. The van der Waals surface area contributed by atoms with Crippen molar-refractivity contribution in [1.82, 2.24) is 9.29 Å².